The van der Waals surface area contributed by atoms with Crippen molar-refractivity contribution in [1.29, 1.82) is 0 Å². The first-order valence-corrected chi connectivity index (χ1v) is 5.45. The summed E-state index contributed by atoms with van der Waals surface area (Å²) < 4.78 is 38.0. The Morgan fingerprint density at radius 1 is 1.56 bits per heavy atom. The number of aliphatic hydroxyl groups excluding tert-OH is 1. The molecule has 0 aromatic rings. The Balaban J connectivity index is 2.72. The molecule has 0 bridgehead atoms. The third kappa shape index (κ3) is 3.06. The lowest BCUT2D eigenvalue weighted by molar-refractivity contribution is -0.159. The normalized spacial score (nSPS) is 31.4. The number of aliphatic carboxylic acids is 1. The average Bonchev–Trinajstić information content (AvgIpc) is 2.10. The van der Waals surface area contributed by atoms with Gasteiger partial charge in [0.1, 0.15) is 0 Å². The van der Waals surface area contributed by atoms with Crippen molar-refractivity contribution in [3.05, 3.63) is 12.8 Å². The molecular weight excluding hydrogens is 244 g/mol. The summed E-state index contributed by atoms with van der Waals surface area (Å²) in [6, 6.07) is 0. The lowest BCUT2D eigenvalue weighted by Crippen LogP contribution is -2.51. The first-order chi connectivity index (χ1) is 7.22. The molecule has 1 fully saturated rings. The Bertz CT molecular complexity index is 363. The highest BCUT2D eigenvalue weighted by molar-refractivity contribution is 7.80. The lowest BCUT2D eigenvalue weighted by Gasteiger charge is -2.31. The van der Waals surface area contributed by atoms with Gasteiger partial charge in [-0.2, -0.15) is 8.42 Å². The predicted molar refractivity (Wildman–Crippen MR) is 48.4 cm³/mol. The van der Waals surface area contributed by atoms with Gasteiger partial charge in [0.2, 0.25) is 0 Å². The number of rotatable bonds is 3. The Morgan fingerprint density at radius 3 is 2.56 bits per heavy atom. The predicted octanol–water partition coefficient (Wildman–Crippen LogP) is -1.57. The molecule has 0 radical (unpaired) electrons. The molecular formula is C7H10O8S. The molecule has 92 valence electrons. The van der Waals surface area contributed by atoms with Gasteiger partial charge < -0.3 is 14.9 Å². The van der Waals surface area contributed by atoms with E-state index in [1.165, 1.54) is 0 Å². The van der Waals surface area contributed by atoms with Crippen LogP contribution in [0.1, 0.15) is 0 Å². The van der Waals surface area contributed by atoms with Crippen LogP contribution in [0.5, 0.6) is 0 Å². The van der Waals surface area contributed by atoms with Crippen molar-refractivity contribution in [1.82, 2.24) is 0 Å². The van der Waals surface area contributed by atoms with E-state index >= 15 is 0 Å². The van der Waals surface area contributed by atoms with Gasteiger partial charge in [-0.25, -0.2) is 8.98 Å². The van der Waals surface area contributed by atoms with Crippen molar-refractivity contribution < 1.29 is 36.9 Å². The fraction of sp³-hybridized carbons (Fsp3) is 0.571. The highest BCUT2D eigenvalue weighted by Crippen LogP contribution is 2.25. The molecule has 3 unspecified atom stereocenters. The second-order valence-electron chi connectivity index (χ2n) is 3.13. The topological polar surface area (TPSA) is 130 Å². The molecule has 3 N–H and O–H groups in total. The van der Waals surface area contributed by atoms with Crippen molar-refractivity contribution in [2.45, 2.75) is 18.3 Å². The molecule has 0 aliphatic carbocycles. The Hall–Kier alpha value is -0.870. The van der Waals surface area contributed by atoms with Gasteiger partial charge in [0.25, 0.3) is 6.10 Å². The van der Waals surface area contributed by atoms with Gasteiger partial charge in [0, 0.05) is 5.92 Å². The fourth-order valence-corrected chi connectivity index (χ4v) is 1.72. The van der Waals surface area contributed by atoms with Crippen LogP contribution in [0.3, 0.4) is 0 Å². The smallest absolute Gasteiger partial charge is 0.397 e. The minimum absolute atomic E-state index is 0.243. The van der Waals surface area contributed by atoms with E-state index < -0.39 is 41.3 Å². The van der Waals surface area contributed by atoms with Gasteiger partial charge in [-0.15, -0.1) is 6.92 Å². The number of carboxylic acid groups (broad SMARTS) is 1. The second kappa shape index (κ2) is 4.55. The molecule has 0 aromatic heterocycles. The molecule has 0 saturated carbocycles. The maximum atomic E-state index is 10.6. The molecule has 0 aromatic carbocycles. The zero-order valence-electron chi connectivity index (χ0n) is 7.94. The SMILES string of the molecule is [CH2-][C+]1C(C(=O)O)OCC(OS(=O)(=O)O)C1O. The van der Waals surface area contributed by atoms with Crippen molar-refractivity contribution in [3.63, 3.8) is 0 Å². The molecule has 16 heavy (non-hydrogen) atoms. The summed E-state index contributed by atoms with van der Waals surface area (Å²) in [7, 11) is -4.75. The van der Waals surface area contributed by atoms with Gasteiger partial charge in [-0.05, 0) is 0 Å². The van der Waals surface area contributed by atoms with Crippen LogP contribution in [0.25, 0.3) is 0 Å². The van der Waals surface area contributed by atoms with Gasteiger partial charge in [-0.3, -0.25) is 4.55 Å². The molecule has 1 heterocycles. The summed E-state index contributed by atoms with van der Waals surface area (Å²) in [6.07, 6.45) is -4.37. The third-order valence-corrected chi connectivity index (χ3v) is 2.46. The molecule has 0 amide bonds. The van der Waals surface area contributed by atoms with E-state index in [4.69, 9.17) is 14.4 Å². The van der Waals surface area contributed by atoms with Crippen LogP contribution in [0.2, 0.25) is 0 Å². The van der Waals surface area contributed by atoms with Gasteiger partial charge in [0.05, 0.1) is 6.61 Å². The van der Waals surface area contributed by atoms with Crippen molar-refractivity contribution in [2.75, 3.05) is 6.61 Å². The third-order valence-electron chi connectivity index (χ3n) is 1.97. The number of ether oxygens (including phenoxy) is 1. The quantitative estimate of drug-likeness (QED) is 0.406. The zero-order valence-corrected chi connectivity index (χ0v) is 8.75. The maximum Gasteiger partial charge on any atom is 0.397 e. The van der Waals surface area contributed by atoms with Gasteiger partial charge in [-0.1, -0.05) is 0 Å². The van der Waals surface area contributed by atoms with Crippen LogP contribution >= 0.6 is 0 Å². The van der Waals surface area contributed by atoms with E-state index in [0.29, 0.717) is 0 Å². The first kappa shape index (κ1) is 13.2. The van der Waals surface area contributed by atoms with Gasteiger partial charge in [0.15, 0.2) is 12.2 Å². The molecule has 9 heteroatoms. The van der Waals surface area contributed by atoms with Crippen molar-refractivity contribution >= 4 is 16.4 Å². The van der Waals surface area contributed by atoms with Crippen LogP contribution in [-0.2, 0) is 24.1 Å². The maximum absolute atomic E-state index is 10.6. The fourth-order valence-electron chi connectivity index (χ4n) is 1.25. The minimum atomic E-state index is -4.75. The van der Waals surface area contributed by atoms with Crippen LogP contribution in [-0.4, -0.2) is 54.1 Å². The number of hydrogen-bond acceptors (Lipinski definition) is 6. The lowest BCUT2D eigenvalue weighted by atomic mass is 9.92. The summed E-state index contributed by atoms with van der Waals surface area (Å²) in [5, 5.41) is 18.1. The minimum Gasteiger partial charge on any atom is -0.476 e. The molecule has 8 nitrogen and oxygen atoms in total. The van der Waals surface area contributed by atoms with Crippen LogP contribution in [0.15, 0.2) is 0 Å². The monoisotopic (exact) mass is 254 g/mol. The summed E-state index contributed by atoms with van der Waals surface area (Å²) in [6.45, 7) is 2.78. The molecule has 1 saturated heterocycles. The van der Waals surface area contributed by atoms with Crippen molar-refractivity contribution in [3.8, 4) is 0 Å². The van der Waals surface area contributed by atoms with E-state index in [0.717, 1.165) is 0 Å². The molecule has 3 atom stereocenters. The summed E-state index contributed by atoms with van der Waals surface area (Å²) in [5.74, 6) is -1.60. The Labute approximate surface area is 91.7 Å². The molecule has 1 aliphatic heterocycles. The Morgan fingerprint density at radius 2 is 2.12 bits per heavy atom. The van der Waals surface area contributed by atoms with Gasteiger partial charge >= 0.3 is 16.4 Å². The summed E-state index contributed by atoms with van der Waals surface area (Å²) in [5.41, 5.74) is 0. The second-order valence-corrected chi connectivity index (χ2v) is 4.18. The van der Waals surface area contributed by atoms with E-state index in [9.17, 15) is 18.3 Å². The van der Waals surface area contributed by atoms with E-state index in [1.807, 2.05) is 0 Å². The number of aliphatic hydroxyl groups is 1. The highest BCUT2D eigenvalue weighted by atomic mass is 32.3. The van der Waals surface area contributed by atoms with Crippen LogP contribution in [0, 0.1) is 12.8 Å². The number of carbonyl (C=O) groups is 1. The van der Waals surface area contributed by atoms with E-state index in [-0.39, 0.29) is 5.92 Å². The van der Waals surface area contributed by atoms with Crippen LogP contribution in [0.4, 0.5) is 0 Å². The number of carboxylic acids is 1. The molecule has 0 spiro atoms. The summed E-state index contributed by atoms with van der Waals surface area (Å²) in [4.78, 5) is 10.6. The summed E-state index contributed by atoms with van der Waals surface area (Å²) >= 11 is 0. The highest BCUT2D eigenvalue weighted by Gasteiger charge is 2.47. The average molecular weight is 254 g/mol. The largest absolute Gasteiger partial charge is 0.476 e. The van der Waals surface area contributed by atoms with E-state index in [1.54, 1.807) is 0 Å². The Kier molecular flexibility index (Phi) is 3.76. The molecule has 1 aliphatic rings. The molecule has 1 rings (SSSR count). The number of hydrogen-bond donors (Lipinski definition) is 3. The standard InChI is InChI=1S/C7H10O8S/c1-3-5(8)4(15-16(11,12)13)2-14-6(3)7(9)10/h4-6,8H,1-2H2,(H,9,10)(H,11,12,13). The first-order valence-electron chi connectivity index (χ1n) is 4.09. The van der Waals surface area contributed by atoms with Crippen molar-refractivity contribution in [2.24, 2.45) is 0 Å². The van der Waals surface area contributed by atoms with Crippen LogP contribution < -0.4 is 0 Å². The zero-order chi connectivity index (χ0) is 12.5. The van der Waals surface area contributed by atoms with E-state index in [2.05, 4.69) is 11.1 Å².